The summed E-state index contributed by atoms with van der Waals surface area (Å²) < 4.78 is 30.4. The van der Waals surface area contributed by atoms with Crippen LogP contribution in [0.15, 0.2) is 18.5 Å². The average molecular weight is 513 g/mol. The number of piperidine rings is 1. The molecule has 10 heteroatoms. The molecule has 3 fully saturated rings. The van der Waals surface area contributed by atoms with Crippen molar-refractivity contribution in [1.82, 2.24) is 20.2 Å². The SMILES string of the molecule is Cc1cc(C2CCN(C3(C)CNC3)CC2)cc2c1O[C@H](C)c1c(ncnc1N1CCS(=O)(=O)CC1)N2. The van der Waals surface area contributed by atoms with Gasteiger partial charge in [-0.2, -0.15) is 0 Å². The summed E-state index contributed by atoms with van der Waals surface area (Å²) in [5.41, 5.74) is 4.61. The fourth-order valence-electron chi connectivity index (χ4n) is 6.15. The molecule has 2 aromatic rings. The molecular weight excluding hydrogens is 476 g/mol. The summed E-state index contributed by atoms with van der Waals surface area (Å²) in [5, 5.41) is 6.99. The van der Waals surface area contributed by atoms with Gasteiger partial charge in [-0.05, 0) is 69.8 Å². The summed E-state index contributed by atoms with van der Waals surface area (Å²) in [5.74, 6) is 3.16. The molecule has 0 amide bonds. The molecule has 9 nitrogen and oxygen atoms in total. The molecule has 194 valence electrons. The summed E-state index contributed by atoms with van der Waals surface area (Å²) in [4.78, 5) is 13.8. The molecule has 1 atom stereocenters. The Bertz CT molecular complexity index is 1260. The predicted molar refractivity (Wildman–Crippen MR) is 141 cm³/mol. The van der Waals surface area contributed by atoms with Gasteiger partial charge >= 0.3 is 0 Å². The van der Waals surface area contributed by atoms with Gasteiger partial charge in [0.05, 0.1) is 22.8 Å². The zero-order valence-electron chi connectivity index (χ0n) is 21.4. The van der Waals surface area contributed by atoms with Crippen LogP contribution in [0.4, 0.5) is 17.3 Å². The minimum atomic E-state index is -2.98. The molecule has 0 bridgehead atoms. The van der Waals surface area contributed by atoms with Gasteiger partial charge in [-0.3, -0.25) is 4.90 Å². The highest BCUT2D eigenvalue weighted by molar-refractivity contribution is 7.91. The van der Waals surface area contributed by atoms with Crippen LogP contribution in [0.25, 0.3) is 0 Å². The summed E-state index contributed by atoms with van der Waals surface area (Å²) in [7, 11) is -2.98. The van der Waals surface area contributed by atoms with E-state index in [0.717, 1.165) is 73.2 Å². The molecule has 0 aliphatic carbocycles. The quantitative estimate of drug-likeness (QED) is 0.643. The van der Waals surface area contributed by atoms with Crippen LogP contribution in [0.2, 0.25) is 0 Å². The van der Waals surface area contributed by atoms with E-state index in [1.54, 1.807) is 6.33 Å². The number of likely N-dealkylation sites (tertiary alicyclic amines) is 1. The second kappa shape index (κ2) is 8.85. The van der Waals surface area contributed by atoms with Crippen LogP contribution in [0.1, 0.15) is 55.4 Å². The van der Waals surface area contributed by atoms with E-state index in [0.29, 0.717) is 24.5 Å². The Morgan fingerprint density at radius 2 is 1.81 bits per heavy atom. The van der Waals surface area contributed by atoms with Gasteiger partial charge in [-0.1, -0.05) is 6.07 Å². The number of fused-ring (bicyclic) bond motifs is 2. The Kier molecular flexibility index (Phi) is 5.88. The summed E-state index contributed by atoms with van der Waals surface area (Å²) in [6.07, 6.45) is 3.61. The number of anilines is 3. The number of rotatable bonds is 3. The number of benzene rings is 1. The van der Waals surface area contributed by atoms with E-state index < -0.39 is 9.84 Å². The molecule has 1 aromatic heterocycles. The van der Waals surface area contributed by atoms with Gasteiger partial charge in [0.15, 0.2) is 9.84 Å². The number of hydrogen-bond acceptors (Lipinski definition) is 9. The smallest absolute Gasteiger partial charge is 0.153 e. The number of nitrogens with one attached hydrogen (secondary N) is 2. The molecule has 2 N–H and O–H groups in total. The number of ether oxygens (including phenoxy) is 1. The molecule has 6 rings (SSSR count). The lowest BCUT2D eigenvalue weighted by Gasteiger charge is -2.51. The Balaban J connectivity index is 1.26. The highest BCUT2D eigenvalue weighted by atomic mass is 32.2. The van der Waals surface area contributed by atoms with Gasteiger partial charge in [0.2, 0.25) is 0 Å². The number of sulfone groups is 1. The zero-order valence-corrected chi connectivity index (χ0v) is 22.2. The van der Waals surface area contributed by atoms with E-state index in [1.807, 2.05) is 11.8 Å². The van der Waals surface area contributed by atoms with Crippen molar-refractivity contribution in [3.8, 4) is 5.75 Å². The third kappa shape index (κ3) is 4.22. The molecule has 4 aliphatic heterocycles. The Morgan fingerprint density at radius 1 is 1.08 bits per heavy atom. The van der Waals surface area contributed by atoms with Crippen molar-refractivity contribution in [2.75, 3.05) is 61.0 Å². The van der Waals surface area contributed by atoms with Crippen LogP contribution < -0.4 is 20.3 Å². The van der Waals surface area contributed by atoms with E-state index in [-0.39, 0.29) is 17.6 Å². The highest BCUT2D eigenvalue weighted by Crippen LogP contribution is 2.45. The lowest BCUT2D eigenvalue weighted by Crippen LogP contribution is -2.68. The first-order valence-corrected chi connectivity index (χ1v) is 14.9. The topological polar surface area (TPSA) is 99.7 Å². The van der Waals surface area contributed by atoms with E-state index in [1.165, 1.54) is 5.56 Å². The average Bonchev–Trinajstić information content (AvgIpc) is 2.99. The lowest BCUT2D eigenvalue weighted by molar-refractivity contribution is 0.0323. The molecular formula is C26H36N6O3S. The molecule has 3 saturated heterocycles. The van der Waals surface area contributed by atoms with Crippen molar-refractivity contribution in [2.24, 2.45) is 0 Å². The highest BCUT2D eigenvalue weighted by Gasteiger charge is 2.39. The second-order valence-corrected chi connectivity index (χ2v) is 13.4. The maximum atomic E-state index is 12.0. The number of aromatic nitrogens is 2. The van der Waals surface area contributed by atoms with Crippen LogP contribution in [-0.2, 0) is 9.84 Å². The van der Waals surface area contributed by atoms with Crippen molar-refractivity contribution in [1.29, 1.82) is 0 Å². The van der Waals surface area contributed by atoms with E-state index in [4.69, 9.17) is 4.74 Å². The van der Waals surface area contributed by atoms with E-state index in [2.05, 4.69) is 51.5 Å². The van der Waals surface area contributed by atoms with Gasteiger partial charge in [-0.25, -0.2) is 18.4 Å². The molecule has 0 spiro atoms. The van der Waals surface area contributed by atoms with Crippen LogP contribution in [-0.4, -0.2) is 79.6 Å². The van der Waals surface area contributed by atoms with Crippen molar-refractivity contribution in [2.45, 2.75) is 51.2 Å². The van der Waals surface area contributed by atoms with E-state index >= 15 is 0 Å². The van der Waals surface area contributed by atoms with Crippen molar-refractivity contribution in [3.63, 3.8) is 0 Å². The Labute approximate surface area is 213 Å². The fourth-order valence-corrected chi connectivity index (χ4v) is 7.35. The maximum absolute atomic E-state index is 12.0. The van der Waals surface area contributed by atoms with Crippen LogP contribution >= 0.6 is 0 Å². The Morgan fingerprint density at radius 3 is 2.47 bits per heavy atom. The molecule has 0 unspecified atom stereocenters. The summed E-state index contributed by atoms with van der Waals surface area (Å²) >= 11 is 0. The minimum Gasteiger partial charge on any atom is -0.483 e. The third-order valence-corrected chi connectivity index (χ3v) is 10.1. The minimum absolute atomic E-state index is 0.144. The fraction of sp³-hybridized carbons (Fsp3) is 0.615. The standard InChI is InChI=1S/C26H36N6O3S/c1-17-12-20(19-4-6-32(7-5-19)26(3)14-27-15-26)13-21-23(17)35-18(2)22-24(30-21)28-16-29-25(22)31-8-10-36(33,34)11-9-31/h12-13,16,18-19,27H,4-11,14-15H2,1-3H3,(H,28,29,30)/t18-/m1/s1. The molecule has 0 radical (unpaired) electrons. The van der Waals surface area contributed by atoms with Gasteiger partial charge in [-0.15, -0.1) is 0 Å². The first-order valence-electron chi connectivity index (χ1n) is 13.1. The second-order valence-electron chi connectivity index (χ2n) is 11.1. The predicted octanol–water partition coefficient (Wildman–Crippen LogP) is 2.76. The molecule has 5 heterocycles. The number of hydrogen-bond donors (Lipinski definition) is 2. The largest absolute Gasteiger partial charge is 0.483 e. The summed E-state index contributed by atoms with van der Waals surface area (Å²) in [6.45, 7) is 11.8. The van der Waals surface area contributed by atoms with Crippen LogP contribution in [0, 0.1) is 6.92 Å². The first kappa shape index (κ1) is 23.9. The molecule has 36 heavy (non-hydrogen) atoms. The monoisotopic (exact) mass is 512 g/mol. The normalized spacial score (nSPS) is 25.5. The van der Waals surface area contributed by atoms with Crippen LogP contribution in [0.3, 0.4) is 0 Å². The maximum Gasteiger partial charge on any atom is 0.153 e. The lowest BCUT2D eigenvalue weighted by atomic mass is 9.84. The number of aryl methyl sites for hydroxylation is 1. The van der Waals surface area contributed by atoms with Gasteiger partial charge in [0.1, 0.15) is 29.8 Å². The van der Waals surface area contributed by atoms with Crippen LogP contribution in [0.5, 0.6) is 5.75 Å². The third-order valence-electron chi connectivity index (χ3n) is 8.50. The van der Waals surface area contributed by atoms with Gasteiger partial charge in [0.25, 0.3) is 0 Å². The van der Waals surface area contributed by atoms with Gasteiger partial charge < -0.3 is 20.3 Å². The summed E-state index contributed by atoms with van der Waals surface area (Å²) in [6, 6.07) is 4.53. The van der Waals surface area contributed by atoms with E-state index in [9.17, 15) is 8.42 Å². The molecule has 1 aromatic carbocycles. The van der Waals surface area contributed by atoms with Crippen molar-refractivity contribution < 1.29 is 13.2 Å². The first-order chi connectivity index (χ1) is 17.2. The number of nitrogens with zero attached hydrogens (tertiary/aromatic N) is 4. The van der Waals surface area contributed by atoms with Crippen molar-refractivity contribution >= 4 is 27.2 Å². The molecule has 0 saturated carbocycles. The van der Waals surface area contributed by atoms with Crippen molar-refractivity contribution in [3.05, 3.63) is 35.2 Å². The zero-order chi connectivity index (χ0) is 25.1. The molecule has 4 aliphatic rings. The van der Waals surface area contributed by atoms with Gasteiger partial charge in [0, 0.05) is 31.7 Å². The Hall–Kier alpha value is -2.43.